The highest BCUT2D eigenvalue weighted by atomic mass is 15.0. The molecule has 0 bridgehead atoms. The van der Waals surface area contributed by atoms with Crippen LogP contribution in [-0.4, -0.2) is 29.1 Å². The van der Waals surface area contributed by atoms with E-state index in [1.54, 1.807) is 0 Å². The topological polar surface area (TPSA) is 61.4 Å². The summed E-state index contributed by atoms with van der Waals surface area (Å²) in [5.74, 6) is 0. The summed E-state index contributed by atoms with van der Waals surface area (Å²) >= 11 is 0. The average Bonchev–Trinajstić information content (AvgIpc) is 3.71. The number of aromatic nitrogens is 6. The monoisotopic (exact) mass is 640 g/mol. The van der Waals surface area contributed by atoms with Crippen LogP contribution in [0.25, 0.3) is 89.0 Å². The minimum absolute atomic E-state index is 0.786. The molecule has 10 aromatic rings. The van der Waals surface area contributed by atoms with Crippen molar-refractivity contribution in [3.8, 4) is 45.3 Å². The Balaban J connectivity index is 1.28. The van der Waals surface area contributed by atoms with Gasteiger partial charge in [0.2, 0.25) is 0 Å². The predicted molar refractivity (Wildman–Crippen MR) is 203 cm³/mol. The molecule has 6 heteroatoms. The Kier molecular flexibility index (Phi) is 6.39. The van der Waals surface area contributed by atoms with Gasteiger partial charge < -0.3 is 4.57 Å². The number of hydrogen-bond acceptors (Lipinski definition) is 4. The summed E-state index contributed by atoms with van der Waals surface area (Å²) in [6.45, 7) is 0. The Morgan fingerprint density at radius 2 is 1.04 bits per heavy atom. The van der Waals surface area contributed by atoms with Gasteiger partial charge >= 0.3 is 0 Å². The van der Waals surface area contributed by atoms with Crippen LogP contribution in [0.2, 0.25) is 0 Å². The second kappa shape index (κ2) is 11.4. The lowest BCUT2D eigenvalue weighted by Gasteiger charge is -2.15. The van der Waals surface area contributed by atoms with Crippen molar-refractivity contribution in [3.63, 3.8) is 0 Å². The molecule has 0 saturated heterocycles. The van der Waals surface area contributed by atoms with Gasteiger partial charge in [-0.25, -0.2) is 9.97 Å². The number of rotatable bonds is 5. The zero-order valence-electron chi connectivity index (χ0n) is 26.8. The second-order valence-electron chi connectivity index (χ2n) is 12.4. The minimum Gasteiger partial charge on any atom is -0.308 e. The number of fused-ring (bicyclic) bond motifs is 6. The summed E-state index contributed by atoms with van der Waals surface area (Å²) in [4.78, 5) is 19.3. The Morgan fingerprint density at radius 3 is 1.80 bits per heavy atom. The molecule has 0 atom stereocenters. The van der Waals surface area contributed by atoms with Gasteiger partial charge in [0.05, 0.1) is 45.0 Å². The van der Waals surface area contributed by atoms with Gasteiger partial charge in [-0.05, 0) is 78.4 Å². The third-order valence-electron chi connectivity index (χ3n) is 9.47. The van der Waals surface area contributed by atoms with Crippen LogP contribution in [0.1, 0.15) is 0 Å². The van der Waals surface area contributed by atoms with E-state index in [0.717, 1.165) is 72.9 Å². The minimum atomic E-state index is 0.786. The van der Waals surface area contributed by atoms with E-state index in [4.69, 9.17) is 9.97 Å². The predicted octanol–water partition coefficient (Wildman–Crippen LogP) is 10.5. The van der Waals surface area contributed by atoms with Crippen molar-refractivity contribution in [2.24, 2.45) is 0 Å². The third-order valence-corrected chi connectivity index (χ3v) is 9.47. The van der Waals surface area contributed by atoms with E-state index in [0.29, 0.717) is 0 Å². The van der Waals surface area contributed by atoms with Crippen molar-refractivity contribution in [1.82, 2.24) is 29.1 Å². The van der Waals surface area contributed by atoms with Gasteiger partial charge in [0.1, 0.15) is 5.65 Å². The highest BCUT2D eigenvalue weighted by Crippen LogP contribution is 2.41. The standard InChI is InChI=1S/C44H28N6/c1-2-12-30(13-3-1)50-42-26-29(21-22-34(42)36-17-11-25-47-44(36)50)32-15-10-16-35-33-14-4-5-20-41(33)49(43(32)35)31-27-39(37-18-6-8-23-45-37)48-40(28-31)38-19-7-9-24-46-38/h1-28H. The summed E-state index contributed by atoms with van der Waals surface area (Å²) in [6, 6.07) is 52.8. The summed E-state index contributed by atoms with van der Waals surface area (Å²) in [7, 11) is 0. The van der Waals surface area contributed by atoms with Crippen molar-refractivity contribution >= 4 is 43.7 Å². The van der Waals surface area contributed by atoms with Crippen LogP contribution in [0.5, 0.6) is 0 Å². The first-order valence-corrected chi connectivity index (χ1v) is 16.6. The van der Waals surface area contributed by atoms with Gasteiger partial charge in [0, 0.05) is 51.4 Å². The summed E-state index contributed by atoms with van der Waals surface area (Å²) in [5.41, 5.74) is 11.8. The maximum Gasteiger partial charge on any atom is 0.145 e. The number of pyridine rings is 4. The molecule has 0 radical (unpaired) electrons. The summed E-state index contributed by atoms with van der Waals surface area (Å²) < 4.78 is 4.64. The molecular formula is C44H28N6. The smallest absolute Gasteiger partial charge is 0.145 e. The summed E-state index contributed by atoms with van der Waals surface area (Å²) in [6.07, 6.45) is 5.49. The molecule has 50 heavy (non-hydrogen) atoms. The number of nitrogens with zero attached hydrogens (tertiary/aromatic N) is 6. The van der Waals surface area contributed by atoms with E-state index >= 15 is 0 Å². The Morgan fingerprint density at radius 1 is 0.380 bits per heavy atom. The SMILES string of the molecule is c1ccc(-n2c3cc(-c4cccc5c6ccccc6n(-c6cc(-c7ccccn7)nc(-c7ccccn7)c6)c45)ccc3c3cccnc32)cc1. The van der Waals surface area contributed by atoms with E-state index in [2.05, 4.69) is 122 Å². The van der Waals surface area contributed by atoms with Crippen molar-refractivity contribution in [3.05, 3.63) is 170 Å². The fourth-order valence-corrected chi connectivity index (χ4v) is 7.31. The van der Waals surface area contributed by atoms with Crippen LogP contribution in [-0.2, 0) is 0 Å². The lowest BCUT2D eigenvalue weighted by molar-refractivity contribution is 1.13. The highest BCUT2D eigenvalue weighted by molar-refractivity contribution is 6.15. The van der Waals surface area contributed by atoms with Gasteiger partial charge in [-0.3, -0.25) is 14.5 Å². The molecule has 0 aliphatic carbocycles. The van der Waals surface area contributed by atoms with Crippen molar-refractivity contribution in [2.75, 3.05) is 0 Å². The fourth-order valence-electron chi connectivity index (χ4n) is 7.31. The van der Waals surface area contributed by atoms with Crippen LogP contribution < -0.4 is 0 Å². The maximum absolute atomic E-state index is 5.07. The molecule has 0 saturated carbocycles. The van der Waals surface area contributed by atoms with E-state index in [1.165, 1.54) is 16.2 Å². The van der Waals surface area contributed by atoms with Crippen LogP contribution >= 0.6 is 0 Å². The van der Waals surface area contributed by atoms with E-state index < -0.39 is 0 Å². The first kappa shape index (κ1) is 28.1. The molecule has 0 N–H and O–H groups in total. The van der Waals surface area contributed by atoms with Crippen LogP contribution in [0.4, 0.5) is 0 Å². The number of benzene rings is 4. The molecule has 0 aliphatic rings. The highest BCUT2D eigenvalue weighted by Gasteiger charge is 2.20. The second-order valence-corrected chi connectivity index (χ2v) is 12.4. The molecule has 0 spiro atoms. The molecule has 0 amide bonds. The van der Waals surface area contributed by atoms with Gasteiger partial charge in [0.15, 0.2) is 0 Å². The molecule has 0 fully saturated rings. The van der Waals surface area contributed by atoms with Gasteiger partial charge in [0.25, 0.3) is 0 Å². The number of para-hydroxylation sites is 3. The van der Waals surface area contributed by atoms with Crippen LogP contribution in [0, 0.1) is 0 Å². The molecule has 0 unspecified atom stereocenters. The van der Waals surface area contributed by atoms with Gasteiger partial charge in [-0.1, -0.05) is 78.9 Å². The molecule has 0 aliphatic heterocycles. The molecule has 10 rings (SSSR count). The van der Waals surface area contributed by atoms with E-state index in [1.807, 2.05) is 67.1 Å². The lowest BCUT2D eigenvalue weighted by atomic mass is 10.0. The summed E-state index contributed by atoms with van der Waals surface area (Å²) in [5, 5.41) is 4.66. The number of hydrogen-bond donors (Lipinski definition) is 0. The first-order chi connectivity index (χ1) is 24.8. The van der Waals surface area contributed by atoms with Crippen molar-refractivity contribution in [1.29, 1.82) is 0 Å². The molecular weight excluding hydrogens is 613 g/mol. The molecule has 6 aromatic heterocycles. The quantitative estimate of drug-likeness (QED) is 0.188. The Labute approximate surface area is 287 Å². The van der Waals surface area contributed by atoms with Crippen LogP contribution in [0.15, 0.2) is 170 Å². The zero-order chi connectivity index (χ0) is 33.0. The largest absolute Gasteiger partial charge is 0.308 e. The lowest BCUT2D eigenvalue weighted by Crippen LogP contribution is -2.00. The molecule has 6 nitrogen and oxygen atoms in total. The molecule has 234 valence electrons. The first-order valence-electron chi connectivity index (χ1n) is 16.6. The Hall–Kier alpha value is -6.92. The Bertz CT molecular complexity index is 2800. The zero-order valence-corrected chi connectivity index (χ0v) is 26.8. The molecule has 6 heterocycles. The van der Waals surface area contributed by atoms with Gasteiger partial charge in [-0.15, -0.1) is 0 Å². The van der Waals surface area contributed by atoms with Crippen molar-refractivity contribution < 1.29 is 0 Å². The molecule has 4 aromatic carbocycles. The van der Waals surface area contributed by atoms with Crippen LogP contribution in [0.3, 0.4) is 0 Å². The van der Waals surface area contributed by atoms with Crippen molar-refractivity contribution in [2.45, 2.75) is 0 Å². The normalized spacial score (nSPS) is 11.6. The van der Waals surface area contributed by atoms with Gasteiger partial charge in [-0.2, -0.15) is 0 Å². The fraction of sp³-hybridized carbons (Fsp3) is 0. The maximum atomic E-state index is 5.07. The van der Waals surface area contributed by atoms with E-state index in [-0.39, 0.29) is 0 Å². The average molecular weight is 641 g/mol. The third kappa shape index (κ3) is 4.43. The van der Waals surface area contributed by atoms with E-state index in [9.17, 15) is 0 Å².